The minimum atomic E-state index is -4.44. The predicted molar refractivity (Wildman–Crippen MR) is 44.6 cm³/mol. The maximum absolute atomic E-state index is 12.8. The third-order valence-electron chi connectivity index (χ3n) is 1.81. The first-order valence-corrected chi connectivity index (χ1v) is 4.01. The number of nitrogens with zero attached hydrogens (tertiary/aromatic N) is 2. The molecular formula is C9H5F4N2. The SMILES string of the molecule is Fc1ccc2ncc([CH]C(F)(F)F)n2c1. The highest BCUT2D eigenvalue weighted by atomic mass is 19.4. The van der Waals surface area contributed by atoms with Crippen LogP contribution < -0.4 is 0 Å². The molecule has 2 nitrogen and oxygen atoms in total. The molecule has 0 atom stereocenters. The molecule has 0 saturated carbocycles. The lowest BCUT2D eigenvalue weighted by molar-refractivity contribution is -0.0932. The zero-order valence-electron chi connectivity index (χ0n) is 7.29. The Kier molecular flexibility index (Phi) is 2.13. The highest BCUT2D eigenvalue weighted by Crippen LogP contribution is 2.24. The maximum atomic E-state index is 12.8. The van der Waals surface area contributed by atoms with Crippen LogP contribution in [0.25, 0.3) is 5.65 Å². The summed E-state index contributed by atoms with van der Waals surface area (Å²) in [5.41, 5.74) is 0.0731. The molecular weight excluding hydrogens is 212 g/mol. The Bertz CT molecular complexity index is 486. The van der Waals surface area contributed by atoms with Crippen LogP contribution in [0.3, 0.4) is 0 Å². The maximum Gasteiger partial charge on any atom is 0.398 e. The Balaban J connectivity index is 2.48. The molecule has 2 aromatic heterocycles. The van der Waals surface area contributed by atoms with Crippen LogP contribution in [0.4, 0.5) is 17.6 Å². The number of halogens is 4. The van der Waals surface area contributed by atoms with Crippen molar-refractivity contribution in [1.82, 2.24) is 9.38 Å². The fourth-order valence-electron chi connectivity index (χ4n) is 1.25. The van der Waals surface area contributed by atoms with Crippen LogP contribution in [0, 0.1) is 12.2 Å². The van der Waals surface area contributed by atoms with Gasteiger partial charge in [-0.1, -0.05) is 0 Å². The average molecular weight is 217 g/mol. The van der Waals surface area contributed by atoms with Gasteiger partial charge >= 0.3 is 6.18 Å². The number of fused-ring (bicyclic) bond motifs is 1. The number of hydrogen-bond acceptors (Lipinski definition) is 1. The van der Waals surface area contributed by atoms with Crippen LogP contribution >= 0.6 is 0 Å². The summed E-state index contributed by atoms with van der Waals surface area (Å²) >= 11 is 0. The van der Waals surface area contributed by atoms with Gasteiger partial charge in [0, 0.05) is 12.4 Å². The van der Waals surface area contributed by atoms with Crippen molar-refractivity contribution in [2.75, 3.05) is 0 Å². The van der Waals surface area contributed by atoms with E-state index in [0.717, 1.165) is 22.9 Å². The molecule has 79 valence electrons. The number of alkyl halides is 3. The lowest BCUT2D eigenvalue weighted by Crippen LogP contribution is -2.10. The molecule has 0 amide bonds. The minimum Gasteiger partial charge on any atom is -0.300 e. The third-order valence-corrected chi connectivity index (χ3v) is 1.81. The van der Waals surface area contributed by atoms with Gasteiger partial charge in [0.05, 0.1) is 5.69 Å². The smallest absolute Gasteiger partial charge is 0.300 e. The molecule has 2 heterocycles. The fraction of sp³-hybridized carbons (Fsp3) is 0.111. The molecule has 0 aliphatic carbocycles. The van der Waals surface area contributed by atoms with Gasteiger partial charge in [0.2, 0.25) is 0 Å². The Hall–Kier alpha value is -1.59. The van der Waals surface area contributed by atoms with E-state index in [-0.39, 0.29) is 17.8 Å². The van der Waals surface area contributed by atoms with Crippen molar-refractivity contribution < 1.29 is 17.6 Å². The van der Waals surface area contributed by atoms with Crippen molar-refractivity contribution in [3.8, 4) is 0 Å². The zero-order valence-corrected chi connectivity index (χ0v) is 7.29. The van der Waals surface area contributed by atoms with Gasteiger partial charge in [-0.2, -0.15) is 13.2 Å². The Morgan fingerprint density at radius 1 is 1.27 bits per heavy atom. The molecule has 15 heavy (non-hydrogen) atoms. The molecule has 0 N–H and O–H groups in total. The highest BCUT2D eigenvalue weighted by Gasteiger charge is 2.30. The van der Waals surface area contributed by atoms with Crippen molar-refractivity contribution in [3.05, 3.63) is 42.5 Å². The Morgan fingerprint density at radius 3 is 2.67 bits per heavy atom. The second-order valence-corrected chi connectivity index (χ2v) is 2.94. The van der Waals surface area contributed by atoms with Crippen molar-refractivity contribution in [2.24, 2.45) is 0 Å². The van der Waals surface area contributed by atoms with Crippen LogP contribution in [0.2, 0.25) is 0 Å². The molecule has 1 radical (unpaired) electrons. The molecule has 0 spiro atoms. The van der Waals surface area contributed by atoms with Crippen molar-refractivity contribution in [3.63, 3.8) is 0 Å². The predicted octanol–water partition coefficient (Wildman–Crippen LogP) is 2.59. The van der Waals surface area contributed by atoms with Gasteiger partial charge in [-0.05, 0) is 12.1 Å². The summed E-state index contributed by atoms with van der Waals surface area (Å²) in [5.74, 6) is -0.614. The number of pyridine rings is 1. The average Bonchev–Trinajstić information content (AvgIpc) is 2.46. The lowest BCUT2D eigenvalue weighted by Gasteiger charge is -2.04. The van der Waals surface area contributed by atoms with E-state index in [1.807, 2.05) is 0 Å². The summed E-state index contributed by atoms with van der Waals surface area (Å²) in [7, 11) is 0. The molecule has 0 bridgehead atoms. The van der Waals surface area contributed by atoms with E-state index in [2.05, 4.69) is 4.98 Å². The first-order chi connectivity index (χ1) is 6.96. The van der Waals surface area contributed by atoms with E-state index in [0.29, 0.717) is 0 Å². The van der Waals surface area contributed by atoms with Crippen molar-refractivity contribution in [2.45, 2.75) is 6.18 Å². The second-order valence-electron chi connectivity index (χ2n) is 2.94. The van der Waals surface area contributed by atoms with Gasteiger partial charge in [-0.15, -0.1) is 0 Å². The molecule has 0 saturated heterocycles. The van der Waals surface area contributed by atoms with E-state index in [9.17, 15) is 17.6 Å². The molecule has 6 heteroatoms. The van der Waals surface area contributed by atoms with E-state index >= 15 is 0 Å². The highest BCUT2D eigenvalue weighted by molar-refractivity contribution is 5.42. The standard InChI is InChI=1S/C9H5F4N2/c10-6-1-2-8-14-4-7(15(8)5-6)3-9(11,12)13/h1-5H. The summed E-state index contributed by atoms with van der Waals surface area (Å²) < 4.78 is 50.0. The van der Waals surface area contributed by atoms with Gasteiger partial charge in [-0.25, -0.2) is 9.37 Å². The van der Waals surface area contributed by atoms with E-state index in [4.69, 9.17) is 0 Å². The number of imidazole rings is 1. The molecule has 0 aliphatic heterocycles. The number of aromatic nitrogens is 2. The van der Waals surface area contributed by atoms with Crippen molar-refractivity contribution in [1.29, 1.82) is 0 Å². The quantitative estimate of drug-likeness (QED) is 0.671. The van der Waals surface area contributed by atoms with Gasteiger partial charge in [0.15, 0.2) is 0 Å². The number of rotatable bonds is 1. The number of hydrogen-bond donors (Lipinski definition) is 0. The monoisotopic (exact) mass is 217 g/mol. The lowest BCUT2D eigenvalue weighted by atomic mass is 10.3. The van der Waals surface area contributed by atoms with Crippen LogP contribution in [0.15, 0.2) is 24.5 Å². The summed E-state index contributed by atoms with van der Waals surface area (Å²) in [5, 5.41) is 0. The Labute approximate surface area is 82.2 Å². The summed E-state index contributed by atoms with van der Waals surface area (Å²) in [6, 6.07) is 2.45. The van der Waals surface area contributed by atoms with Crippen molar-refractivity contribution >= 4 is 5.65 Å². The molecule has 0 unspecified atom stereocenters. The van der Waals surface area contributed by atoms with Crippen LogP contribution in [-0.4, -0.2) is 15.6 Å². The minimum absolute atomic E-state index is 0.0758. The van der Waals surface area contributed by atoms with Crippen LogP contribution in [0.1, 0.15) is 5.69 Å². The summed E-state index contributed by atoms with van der Waals surface area (Å²) in [6.45, 7) is 0. The van der Waals surface area contributed by atoms with E-state index in [1.54, 1.807) is 0 Å². The normalized spacial score (nSPS) is 12.3. The van der Waals surface area contributed by atoms with Gasteiger partial charge in [0.25, 0.3) is 0 Å². The summed E-state index contributed by atoms with van der Waals surface area (Å²) in [6.07, 6.45) is -2.36. The third kappa shape index (κ3) is 2.08. The molecule has 2 aromatic rings. The topological polar surface area (TPSA) is 17.3 Å². The molecule has 2 rings (SSSR count). The second kappa shape index (κ2) is 3.22. The molecule has 0 aliphatic rings. The zero-order chi connectivity index (χ0) is 11.1. The van der Waals surface area contributed by atoms with E-state index in [1.165, 1.54) is 6.07 Å². The van der Waals surface area contributed by atoms with Gasteiger partial charge in [0.1, 0.15) is 17.9 Å². The van der Waals surface area contributed by atoms with Gasteiger partial charge < -0.3 is 4.40 Å². The van der Waals surface area contributed by atoms with E-state index < -0.39 is 12.0 Å². The molecule has 0 aromatic carbocycles. The fourth-order valence-corrected chi connectivity index (χ4v) is 1.25. The largest absolute Gasteiger partial charge is 0.398 e. The van der Waals surface area contributed by atoms with Crippen LogP contribution in [-0.2, 0) is 0 Å². The Morgan fingerprint density at radius 2 is 2.00 bits per heavy atom. The summed E-state index contributed by atoms with van der Waals surface area (Å²) in [4.78, 5) is 3.71. The van der Waals surface area contributed by atoms with Gasteiger partial charge in [-0.3, -0.25) is 0 Å². The first-order valence-electron chi connectivity index (χ1n) is 4.01. The van der Waals surface area contributed by atoms with Crippen LogP contribution in [0.5, 0.6) is 0 Å². The first kappa shape index (κ1) is 9.95. The molecule has 0 fully saturated rings.